The average Bonchev–Trinajstić information content (AvgIpc) is 3.18. The molecule has 3 heterocycles. The first kappa shape index (κ1) is 19.0. The third-order valence-electron chi connectivity index (χ3n) is 6.19. The zero-order valence-electron chi connectivity index (χ0n) is 17.4. The number of ether oxygens (including phenoxy) is 1. The van der Waals surface area contributed by atoms with E-state index in [1.165, 1.54) is 18.1 Å². The topological polar surface area (TPSA) is 64.4 Å². The number of aromatic nitrogens is 2. The molecule has 6 heteroatoms. The molecule has 154 valence electrons. The molecule has 3 aromatic rings. The summed E-state index contributed by atoms with van der Waals surface area (Å²) < 4.78 is 7.40. The van der Waals surface area contributed by atoms with E-state index >= 15 is 0 Å². The smallest absolute Gasteiger partial charge is 0.263 e. The first-order valence-electron chi connectivity index (χ1n) is 10.5. The number of carbonyl (C=O) groups is 1. The lowest BCUT2D eigenvalue weighted by Crippen LogP contribution is -2.35. The highest BCUT2D eigenvalue weighted by Gasteiger charge is 2.29. The summed E-state index contributed by atoms with van der Waals surface area (Å²) in [6.07, 6.45) is 1.57. The van der Waals surface area contributed by atoms with E-state index in [9.17, 15) is 9.59 Å². The highest BCUT2D eigenvalue weighted by atomic mass is 16.5. The number of Topliss-reactive ketones (excluding diaryl/α,β-unsaturated/α-hetero) is 1. The van der Waals surface area contributed by atoms with Gasteiger partial charge in [-0.2, -0.15) is 0 Å². The molecule has 2 aliphatic heterocycles. The average molecular weight is 403 g/mol. The summed E-state index contributed by atoms with van der Waals surface area (Å²) in [4.78, 5) is 33.2. The highest BCUT2D eigenvalue weighted by molar-refractivity contribution is 6.05. The van der Waals surface area contributed by atoms with Gasteiger partial charge in [-0.1, -0.05) is 24.3 Å². The van der Waals surface area contributed by atoms with Gasteiger partial charge >= 0.3 is 0 Å². The summed E-state index contributed by atoms with van der Waals surface area (Å²) in [5.41, 5.74) is 4.35. The van der Waals surface area contributed by atoms with Gasteiger partial charge < -0.3 is 9.64 Å². The first-order valence-corrected chi connectivity index (χ1v) is 10.5. The summed E-state index contributed by atoms with van der Waals surface area (Å²) in [7, 11) is 0. The van der Waals surface area contributed by atoms with Gasteiger partial charge in [-0.05, 0) is 55.5 Å². The van der Waals surface area contributed by atoms with E-state index in [4.69, 9.17) is 9.72 Å². The largest absolute Gasteiger partial charge is 0.381 e. The molecule has 5 rings (SSSR count). The Bertz CT molecular complexity index is 1180. The number of aryl methyl sites for hydroxylation is 1. The summed E-state index contributed by atoms with van der Waals surface area (Å²) in [5, 5.41) is 0.521. The van der Waals surface area contributed by atoms with Crippen molar-refractivity contribution in [2.75, 3.05) is 18.1 Å². The molecule has 1 fully saturated rings. The fourth-order valence-corrected chi connectivity index (χ4v) is 4.68. The molecule has 0 N–H and O–H groups in total. The summed E-state index contributed by atoms with van der Waals surface area (Å²) in [6, 6.07) is 12.1. The summed E-state index contributed by atoms with van der Waals surface area (Å²) >= 11 is 0. The summed E-state index contributed by atoms with van der Waals surface area (Å²) in [6.45, 7) is 6.14. The van der Waals surface area contributed by atoms with Gasteiger partial charge in [-0.25, -0.2) is 4.98 Å². The van der Waals surface area contributed by atoms with Crippen LogP contribution in [0.5, 0.6) is 0 Å². The fraction of sp³-hybridized carbons (Fsp3) is 0.375. The maximum absolute atomic E-state index is 13.7. The normalized spacial score (nSPS) is 16.8. The van der Waals surface area contributed by atoms with Crippen molar-refractivity contribution in [1.29, 1.82) is 0 Å². The molecule has 30 heavy (non-hydrogen) atoms. The Labute approximate surface area is 175 Å². The van der Waals surface area contributed by atoms with Crippen molar-refractivity contribution in [2.24, 2.45) is 0 Å². The van der Waals surface area contributed by atoms with E-state index in [-0.39, 0.29) is 17.4 Å². The van der Waals surface area contributed by atoms with Gasteiger partial charge in [-0.15, -0.1) is 0 Å². The first-order chi connectivity index (χ1) is 14.5. The second kappa shape index (κ2) is 7.36. The van der Waals surface area contributed by atoms with Crippen molar-refractivity contribution < 1.29 is 9.53 Å². The quantitative estimate of drug-likeness (QED) is 0.623. The zero-order valence-corrected chi connectivity index (χ0v) is 17.4. The van der Waals surface area contributed by atoms with Crippen LogP contribution in [0.15, 0.2) is 41.2 Å². The van der Waals surface area contributed by atoms with Gasteiger partial charge in [0, 0.05) is 37.9 Å². The van der Waals surface area contributed by atoms with Crippen LogP contribution >= 0.6 is 0 Å². The number of carbonyl (C=O) groups excluding carboxylic acids is 1. The minimum Gasteiger partial charge on any atom is -0.381 e. The van der Waals surface area contributed by atoms with Gasteiger partial charge in [-0.3, -0.25) is 14.2 Å². The molecule has 0 bridgehead atoms. The molecule has 1 aromatic heterocycles. The van der Waals surface area contributed by atoms with Crippen molar-refractivity contribution in [1.82, 2.24) is 9.55 Å². The molecule has 0 saturated carbocycles. The second-order valence-electron chi connectivity index (χ2n) is 8.32. The molecule has 2 aliphatic rings. The van der Waals surface area contributed by atoms with Crippen LogP contribution in [0.2, 0.25) is 0 Å². The van der Waals surface area contributed by atoms with Gasteiger partial charge in [0.2, 0.25) is 5.95 Å². The molecule has 6 nitrogen and oxygen atoms in total. The van der Waals surface area contributed by atoms with Crippen LogP contribution in [0.3, 0.4) is 0 Å². The Morgan fingerprint density at radius 2 is 1.77 bits per heavy atom. The Morgan fingerprint density at radius 3 is 2.40 bits per heavy atom. The molecule has 0 aliphatic carbocycles. The third kappa shape index (κ3) is 3.12. The molecular formula is C24H25N3O3. The van der Waals surface area contributed by atoms with Crippen molar-refractivity contribution in [3.8, 4) is 0 Å². The van der Waals surface area contributed by atoms with Crippen LogP contribution < -0.4 is 10.5 Å². The standard InChI is InChI=1S/C24H25N3O3/c1-15-11-20(16(2)28)22-21(12-15)23(29)27(19-7-9-30-10-8-19)24(25-22)26-13-17-5-3-4-6-18(17)14-26/h3-6,11-12,19H,7-10,13-14H2,1-2H3. The molecule has 0 radical (unpaired) electrons. The third-order valence-corrected chi connectivity index (χ3v) is 6.19. The SMILES string of the molecule is CC(=O)c1cc(C)cc2c(=O)n(C3CCOCC3)c(N3Cc4ccccc4C3)nc12. The van der Waals surface area contributed by atoms with Crippen LogP contribution in [-0.2, 0) is 17.8 Å². The molecule has 0 amide bonds. The van der Waals surface area contributed by atoms with E-state index in [0.29, 0.717) is 48.7 Å². The van der Waals surface area contributed by atoms with E-state index < -0.39 is 0 Å². The number of nitrogens with zero attached hydrogens (tertiary/aromatic N) is 3. The predicted molar refractivity (Wildman–Crippen MR) is 116 cm³/mol. The Kier molecular flexibility index (Phi) is 4.66. The van der Waals surface area contributed by atoms with Crippen LogP contribution in [0, 0.1) is 6.92 Å². The molecule has 0 atom stereocenters. The maximum atomic E-state index is 13.7. The van der Waals surface area contributed by atoms with Crippen LogP contribution in [0.1, 0.15) is 52.9 Å². The number of hydrogen-bond donors (Lipinski definition) is 0. The Hall–Kier alpha value is -2.99. The van der Waals surface area contributed by atoms with Crippen LogP contribution in [0.25, 0.3) is 10.9 Å². The van der Waals surface area contributed by atoms with E-state index in [1.807, 2.05) is 35.8 Å². The minimum atomic E-state index is -0.0740. The second-order valence-corrected chi connectivity index (χ2v) is 8.32. The molecule has 0 spiro atoms. The van der Waals surface area contributed by atoms with Gasteiger partial charge in [0.1, 0.15) is 0 Å². The van der Waals surface area contributed by atoms with Crippen molar-refractivity contribution >= 4 is 22.6 Å². The highest BCUT2D eigenvalue weighted by Crippen LogP contribution is 2.32. The van der Waals surface area contributed by atoms with E-state index in [0.717, 1.165) is 18.4 Å². The molecule has 1 saturated heterocycles. The Morgan fingerprint density at radius 1 is 1.10 bits per heavy atom. The van der Waals surface area contributed by atoms with Gasteiger partial charge in [0.15, 0.2) is 5.78 Å². The van der Waals surface area contributed by atoms with Gasteiger partial charge in [0.25, 0.3) is 5.56 Å². The lowest BCUT2D eigenvalue weighted by atomic mass is 10.0. The number of hydrogen-bond acceptors (Lipinski definition) is 5. The lowest BCUT2D eigenvalue weighted by Gasteiger charge is -2.30. The number of benzene rings is 2. The van der Waals surface area contributed by atoms with Crippen LogP contribution in [0.4, 0.5) is 5.95 Å². The van der Waals surface area contributed by atoms with Crippen molar-refractivity contribution in [3.63, 3.8) is 0 Å². The molecule has 0 unspecified atom stereocenters. The fourth-order valence-electron chi connectivity index (χ4n) is 4.68. The summed E-state index contributed by atoms with van der Waals surface area (Å²) in [5.74, 6) is 0.581. The number of rotatable bonds is 3. The van der Waals surface area contributed by atoms with E-state index in [2.05, 4.69) is 17.0 Å². The van der Waals surface area contributed by atoms with E-state index in [1.54, 1.807) is 0 Å². The molecule has 2 aromatic carbocycles. The predicted octanol–water partition coefficient (Wildman–Crippen LogP) is 3.78. The van der Waals surface area contributed by atoms with Crippen molar-refractivity contribution in [2.45, 2.75) is 45.8 Å². The number of anilines is 1. The van der Waals surface area contributed by atoms with Gasteiger partial charge in [0.05, 0.1) is 10.9 Å². The number of ketones is 1. The lowest BCUT2D eigenvalue weighted by molar-refractivity contribution is 0.0688. The maximum Gasteiger partial charge on any atom is 0.263 e. The Balaban J connectivity index is 1.75. The monoisotopic (exact) mass is 403 g/mol. The van der Waals surface area contributed by atoms with Crippen LogP contribution in [-0.4, -0.2) is 28.5 Å². The van der Waals surface area contributed by atoms with Crippen molar-refractivity contribution in [3.05, 3.63) is 69.0 Å². The minimum absolute atomic E-state index is 0.0446. The molecular weight excluding hydrogens is 378 g/mol. The zero-order chi connectivity index (χ0) is 20.8. The number of fused-ring (bicyclic) bond motifs is 2.